The highest BCUT2D eigenvalue weighted by molar-refractivity contribution is 7.98. The third kappa shape index (κ3) is 3.29. The molecule has 0 spiro atoms. The number of hydrogen-bond donors (Lipinski definition) is 1. The van der Waals surface area contributed by atoms with Crippen molar-refractivity contribution in [2.24, 2.45) is 0 Å². The molecule has 0 radical (unpaired) electrons. The van der Waals surface area contributed by atoms with Gasteiger partial charge in [-0.3, -0.25) is 9.59 Å². The van der Waals surface area contributed by atoms with Gasteiger partial charge in [0, 0.05) is 11.1 Å². The lowest BCUT2D eigenvalue weighted by atomic mass is 10.1. The molecule has 1 heterocycles. The molecule has 5 heteroatoms. The number of nitrogens with one attached hydrogen (secondary N) is 1. The van der Waals surface area contributed by atoms with Gasteiger partial charge in [0.25, 0.3) is 5.43 Å². The third-order valence-corrected chi connectivity index (χ3v) is 4.38. The summed E-state index contributed by atoms with van der Waals surface area (Å²) in [6.07, 6.45) is 3.59. The summed E-state index contributed by atoms with van der Waals surface area (Å²) in [5.74, 6) is 0. The Kier molecular flexibility index (Phi) is 4.48. The predicted octanol–water partition coefficient (Wildman–Crippen LogP) is 2.97. The van der Waals surface area contributed by atoms with Crippen LogP contribution in [0.15, 0.2) is 75.3 Å². The lowest BCUT2D eigenvalue weighted by Crippen LogP contribution is -2.36. The van der Waals surface area contributed by atoms with E-state index in [1.54, 1.807) is 18.0 Å². The van der Waals surface area contributed by atoms with E-state index in [1.807, 2.05) is 60.9 Å². The number of rotatable bonds is 4. The molecule has 0 bridgehead atoms. The van der Waals surface area contributed by atoms with Crippen molar-refractivity contribution in [3.05, 3.63) is 86.9 Å². The molecule has 0 amide bonds. The maximum absolute atomic E-state index is 12.4. The summed E-state index contributed by atoms with van der Waals surface area (Å²) in [6.45, 7) is 0.348. The Labute approximate surface area is 137 Å². The van der Waals surface area contributed by atoms with Gasteiger partial charge in [0.1, 0.15) is 0 Å². The van der Waals surface area contributed by atoms with Crippen LogP contribution in [0.1, 0.15) is 5.56 Å². The molecule has 0 aliphatic heterocycles. The lowest BCUT2D eigenvalue weighted by Gasteiger charge is -2.08. The van der Waals surface area contributed by atoms with Gasteiger partial charge in [0.2, 0.25) is 0 Å². The monoisotopic (exact) mass is 324 g/mol. The van der Waals surface area contributed by atoms with Crippen LogP contribution in [0, 0.1) is 0 Å². The molecular formula is C18H16N2O2S. The highest BCUT2D eigenvalue weighted by atomic mass is 32.2. The van der Waals surface area contributed by atoms with E-state index < -0.39 is 11.0 Å². The van der Waals surface area contributed by atoms with Crippen LogP contribution < -0.4 is 11.0 Å². The number of aromatic amines is 1. The van der Waals surface area contributed by atoms with Crippen LogP contribution >= 0.6 is 11.8 Å². The molecule has 0 fully saturated rings. The summed E-state index contributed by atoms with van der Waals surface area (Å²) in [5.41, 5.74) is 1.07. The Bertz CT molecular complexity index is 912. The topological polar surface area (TPSA) is 54.9 Å². The SMILES string of the molecule is CSc1ccc(-c2c[nH]n(Cc3ccccc3)c(=O)c2=O)cc1. The summed E-state index contributed by atoms with van der Waals surface area (Å²) < 4.78 is 1.33. The minimum atomic E-state index is -0.541. The zero-order valence-corrected chi connectivity index (χ0v) is 13.5. The molecule has 4 nitrogen and oxygen atoms in total. The Morgan fingerprint density at radius 3 is 2.35 bits per heavy atom. The number of H-pyrrole nitrogens is 1. The summed E-state index contributed by atoms with van der Waals surface area (Å²) in [5, 5.41) is 2.92. The lowest BCUT2D eigenvalue weighted by molar-refractivity contribution is 0.634. The standard InChI is InChI=1S/C18H16N2O2S/c1-23-15-9-7-14(8-10-15)16-11-19-20(18(22)17(16)21)12-13-5-3-2-4-6-13/h2-11,19H,12H2,1H3. The van der Waals surface area contributed by atoms with Gasteiger partial charge in [-0.15, -0.1) is 11.8 Å². The predicted molar refractivity (Wildman–Crippen MR) is 94.1 cm³/mol. The van der Waals surface area contributed by atoms with Crippen molar-refractivity contribution in [2.75, 3.05) is 6.26 Å². The van der Waals surface area contributed by atoms with Gasteiger partial charge < -0.3 is 5.10 Å². The van der Waals surface area contributed by atoms with Crippen LogP contribution in [0.4, 0.5) is 0 Å². The average Bonchev–Trinajstić information content (AvgIpc) is 2.60. The molecule has 0 aliphatic rings. The van der Waals surface area contributed by atoms with Gasteiger partial charge >= 0.3 is 5.56 Å². The van der Waals surface area contributed by atoms with Gasteiger partial charge in [-0.1, -0.05) is 42.5 Å². The molecule has 0 aliphatic carbocycles. The molecular weight excluding hydrogens is 308 g/mol. The van der Waals surface area contributed by atoms with Gasteiger partial charge in [-0.05, 0) is 29.5 Å². The third-order valence-electron chi connectivity index (χ3n) is 3.63. The number of benzene rings is 2. The first-order valence-corrected chi connectivity index (χ1v) is 8.42. The number of thioether (sulfide) groups is 1. The molecule has 0 atom stereocenters. The molecule has 0 saturated carbocycles. The Hall–Kier alpha value is -2.53. The van der Waals surface area contributed by atoms with Crippen LogP contribution in [0.2, 0.25) is 0 Å². The molecule has 0 saturated heterocycles. The molecule has 1 N–H and O–H groups in total. The van der Waals surface area contributed by atoms with Crippen molar-refractivity contribution in [2.45, 2.75) is 11.4 Å². The molecule has 3 rings (SSSR count). The van der Waals surface area contributed by atoms with Crippen molar-refractivity contribution in [3.8, 4) is 11.1 Å². The molecule has 1 aromatic heterocycles. The van der Waals surface area contributed by atoms with E-state index in [0.717, 1.165) is 16.0 Å². The minimum Gasteiger partial charge on any atom is -0.302 e. The number of hydrogen-bond acceptors (Lipinski definition) is 3. The minimum absolute atomic E-state index is 0.348. The van der Waals surface area contributed by atoms with Crippen molar-refractivity contribution in [3.63, 3.8) is 0 Å². The van der Waals surface area contributed by atoms with Crippen LogP contribution in [0.25, 0.3) is 11.1 Å². The van der Waals surface area contributed by atoms with Crippen molar-refractivity contribution >= 4 is 11.8 Å². The van der Waals surface area contributed by atoms with Gasteiger partial charge in [0.15, 0.2) is 0 Å². The molecule has 0 unspecified atom stereocenters. The number of aromatic nitrogens is 2. The summed E-state index contributed by atoms with van der Waals surface area (Å²) in [7, 11) is 0. The molecule has 2 aromatic carbocycles. The maximum Gasteiger partial charge on any atom is 0.313 e. The average molecular weight is 324 g/mol. The van der Waals surface area contributed by atoms with Crippen LogP contribution in [0.5, 0.6) is 0 Å². The van der Waals surface area contributed by atoms with E-state index in [9.17, 15) is 9.59 Å². The second-order valence-electron chi connectivity index (χ2n) is 5.12. The van der Waals surface area contributed by atoms with E-state index in [-0.39, 0.29) is 0 Å². The highest BCUT2D eigenvalue weighted by Gasteiger charge is 2.09. The van der Waals surface area contributed by atoms with Crippen LogP contribution in [-0.4, -0.2) is 16.0 Å². The quantitative estimate of drug-likeness (QED) is 0.593. The largest absolute Gasteiger partial charge is 0.313 e. The summed E-state index contributed by atoms with van der Waals surface area (Å²) in [4.78, 5) is 25.8. The first-order chi connectivity index (χ1) is 11.2. The van der Waals surface area contributed by atoms with Gasteiger partial charge in [-0.25, -0.2) is 4.68 Å². The zero-order valence-electron chi connectivity index (χ0n) is 12.7. The first kappa shape index (κ1) is 15.4. The van der Waals surface area contributed by atoms with E-state index in [0.29, 0.717) is 12.1 Å². The fraction of sp³-hybridized carbons (Fsp3) is 0.111. The van der Waals surface area contributed by atoms with Crippen LogP contribution in [-0.2, 0) is 6.54 Å². The second-order valence-corrected chi connectivity index (χ2v) is 6.00. The van der Waals surface area contributed by atoms with Crippen molar-refractivity contribution in [1.29, 1.82) is 0 Å². The van der Waals surface area contributed by atoms with Gasteiger partial charge in [0.05, 0.1) is 12.1 Å². The van der Waals surface area contributed by atoms with Crippen molar-refractivity contribution in [1.82, 2.24) is 9.78 Å². The van der Waals surface area contributed by atoms with Crippen molar-refractivity contribution < 1.29 is 0 Å². The van der Waals surface area contributed by atoms with E-state index in [2.05, 4.69) is 5.10 Å². The second kappa shape index (κ2) is 6.71. The summed E-state index contributed by atoms with van der Waals surface area (Å²) >= 11 is 1.63. The Balaban J connectivity index is 1.97. The normalized spacial score (nSPS) is 10.7. The smallest absolute Gasteiger partial charge is 0.302 e. The molecule has 23 heavy (non-hydrogen) atoms. The number of nitrogens with zero attached hydrogens (tertiary/aromatic N) is 1. The highest BCUT2D eigenvalue weighted by Crippen LogP contribution is 2.19. The molecule has 116 valence electrons. The fourth-order valence-corrected chi connectivity index (χ4v) is 2.78. The van der Waals surface area contributed by atoms with E-state index >= 15 is 0 Å². The van der Waals surface area contributed by atoms with Gasteiger partial charge in [-0.2, -0.15) is 0 Å². The molecule has 3 aromatic rings. The summed E-state index contributed by atoms with van der Waals surface area (Å²) in [6, 6.07) is 17.1. The van der Waals surface area contributed by atoms with Crippen LogP contribution in [0.3, 0.4) is 0 Å². The van der Waals surface area contributed by atoms with E-state index in [1.165, 1.54) is 4.68 Å². The Morgan fingerprint density at radius 1 is 1.00 bits per heavy atom. The maximum atomic E-state index is 12.4. The van der Waals surface area contributed by atoms with E-state index in [4.69, 9.17) is 0 Å². The Morgan fingerprint density at radius 2 is 1.70 bits per heavy atom. The zero-order chi connectivity index (χ0) is 16.2. The first-order valence-electron chi connectivity index (χ1n) is 7.20. The fourth-order valence-electron chi connectivity index (χ4n) is 2.37.